The van der Waals surface area contributed by atoms with Crippen LogP contribution in [-0.2, 0) is 22.3 Å². The minimum Gasteiger partial charge on any atom is -0.328 e. The molecule has 8 nitrogen and oxygen atoms in total. The first-order chi connectivity index (χ1) is 14.6. The third-order valence-corrected chi connectivity index (χ3v) is 8.73. The molecule has 10 heteroatoms. The van der Waals surface area contributed by atoms with Gasteiger partial charge in [-0.15, -0.1) is 10.2 Å². The van der Waals surface area contributed by atoms with Gasteiger partial charge < -0.3 is 9.13 Å². The standard InChI is InChI=1S/C20H26N6O2S2/c1-2-25-18-9-8-16(30(27,28)24-10-4-3-5-11-24)12-17(18)22-19(25)13-29-20-23-21-14-26(20)15-6-7-15/h8-9,12,14-15H,2-7,10-11,13H2,1H3. The maximum absolute atomic E-state index is 13.0. The van der Waals surface area contributed by atoms with Crippen LogP contribution in [0.5, 0.6) is 0 Å². The summed E-state index contributed by atoms with van der Waals surface area (Å²) < 4.78 is 32.0. The SMILES string of the molecule is CCn1c(CSc2nncn2C2CC2)nc2cc(S(=O)(=O)N3CCCCC3)ccc21. The maximum atomic E-state index is 13.0. The number of hydrogen-bond acceptors (Lipinski definition) is 6. The molecule has 160 valence electrons. The van der Waals surface area contributed by atoms with Crippen molar-refractivity contribution in [3.63, 3.8) is 0 Å². The lowest BCUT2D eigenvalue weighted by molar-refractivity contribution is 0.346. The third-order valence-electron chi connectivity index (χ3n) is 5.88. The van der Waals surface area contributed by atoms with Gasteiger partial charge in [0.15, 0.2) is 5.16 Å². The summed E-state index contributed by atoms with van der Waals surface area (Å²) in [5.41, 5.74) is 1.70. The summed E-state index contributed by atoms with van der Waals surface area (Å²) >= 11 is 1.63. The molecule has 1 aromatic carbocycles. The zero-order valence-corrected chi connectivity index (χ0v) is 18.7. The molecule has 2 fully saturated rings. The number of fused-ring (bicyclic) bond motifs is 1. The average Bonchev–Trinajstić information content (AvgIpc) is 3.39. The molecule has 1 aliphatic carbocycles. The van der Waals surface area contributed by atoms with Crippen LogP contribution in [0.4, 0.5) is 0 Å². The second-order valence-electron chi connectivity index (χ2n) is 7.93. The van der Waals surface area contributed by atoms with E-state index in [1.54, 1.807) is 34.5 Å². The highest BCUT2D eigenvalue weighted by Crippen LogP contribution is 2.38. The minimum atomic E-state index is -3.46. The number of aryl methyl sites for hydroxylation is 1. The van der Waals surface area contributed by atoms with Crippen molar-refractivity contribution in [2.45, 2.75) is 67.4 Å². The van der Waals surface area contributed by atoms with E-state index in [1.165, 1.54) is 12.8 Å². The second kappa shape index (κ2) is 7.97. The Labute approximate surface area is 180 Å². The number of imidazole rings is 1. The Bertz CT molecular complexity index is 1160. The molecule has 0 unspecified atom stereocenters. The minimum absolute atomic E-state index is 0.338. The number of nitrogens with zero attached hydrogens (tertiary/aromatic N) is 6. The number of rotatable bonds is 7. The molecule has 2 aliphatic rings. The van der Waals surface area contributed by atoms with Gasteiger partial charge in [-0.3, -0.25) is 0 Å². The van der Waals surface area contributed by atoms with E-state index < -0.39 is 10.0 Å². The van der Waals surface area contributed by atoms with Gasteiger partial charge in [0.05, 0.1) is 21.7 Å². The summed E-state index contributed by atoms with van der Waals surface area (Å²) in [5, 5.41) is 9.23. The third kappa shape index (κ3) is 3.65. The van der Waals surface area contributed by atoms with E-state index in [0.717, 1.165) is 47.8 Å². The lowest BCUT2D eigenvalue weighted by Crippen LogP contribution is -2.35. The number of benzene rings is 1. The van der Waals surface area contributed by atoms with Crippen LogP contribution in [0.3, 0.4) is 0 Å². The van der Waals surface area contributed by atoms with Crippen LogP contribution in [0, 0.1) is 0 Å². The molecular formula is C20H26N6O2S2. The molecule has 0 bridgehead atoms. The lowest BCUT2D eigenvalue weighted by Gasteiger charge is -2.25. The summed E-state index contributed by atoms with van der Waals surface area (Å²) in [6, 6.07) is 5.88. The van der Waals surface area contributed by atoms with Crippen molar-refractivity contribution in [2.75, 3.05) is 13.1 Å². The second-order valence-corrected chi connectivity index (χ2v) is 10.8. The highest BCUT2D eigenvalue weighted by atomic mass is 32.2. The first kappa shape index (κ1) is 20.0. The van der Waals surface area contributed by atoms with Crippen LogP contribution >= 0.6 is 11.8 Å². The van der Waals surface area contributed by atoms with Crippen molar-refractivity contribution in [3.8, 4) is 0 Å². The molecule has 2 aromatic heterocycles. The Morgan fingerprint density at radius 1 is 1.17 bits per heavy atom. The van der Waals surface area contributed by atoms with Gasteiger partial charge in [-0.1, -0.05) is 18.2 Å². The Morgan fingerprint density at radius 2 is 1.97 bits per heavy atom. The van der Waals surface area contributed by atoms with Gasteiger partial charge in [0.1, 0.15) is 12.2 Å². The van der Waals surface area contributed by atoms with Crippen molar-refractivity contribution < 1.29 is 8.42 Å². The normalized spacial score (nSPS) is 18.3. The Kier molecular flexibility index (Phi) is 5.32. The fourth-order valence-corrected chi connectivity index (χ4v) is 6.57. The summed E-state index contributed by atoms with van der Waals surface area (Å²) in [6.07, 6.45) is 7.14. The van der Waals surface area contributed by atoms with Crippen molar-refractivity contribution in [3.05, 3.63) is 30.4 Å². The van der Waals surface area contributed by atoms with Gasteiger partial charge in [-0.05, 0) is 50.8 Å². The van der Waals surface area contributed by atoms with E-state index in [4.69, 9.17) is 4.98 Å². The highest BCUT2D eigenvalue weighted by molar-refractivity contribution is 7.98. The van der Waals surface area contributed by atoms with Crippen molar-refractivity contribution >= 4 is 32.8 Å². The van der Waals surface area contributed by atoms with Crippen LogP contribution in [-0.4, -0.2) is 50.1 Å². The van der Waals surface area contributed by atoms with E-state index in [9.17, 15) is 8.42 Å². The molecule has 0 atom stereocenters. The van der Waals surface area contributed by atoms with Crippen molar-refractivity contribution in [2.24, 2.45) is 0 Å². The van der Waals surface area contributed by atoms with Gasteiger partial charge in [0.25, 0.3) is 0 Å². The summed E-state index contributed by atoms with van der Waals surface area (Å²) in [4.78, 5) is 5.13. The first-order valence-corrected chi connectivity index (χ1v) is 13.0. The molecule has 3 aromatic rings. The molecule has 0 N–H and O–H groups in total. The van der Waals surface area contributed by atoms with E-state index in [0.29, 0.717) is 29.8 Å². The quantitative estimate of drug-likeness (QED) is 0.517. The average molecular weight is 447 g/mol. The molecular weight excluding hydrogens is 420 g/mol. The molecule has 3 heterocycles. The zero-order valence-electron chi connectivity index (χ0n) is 17.1. The Morgan fingerprint density at radius 3 is 2.70 bits per heavy atom. The van der Waals surface area contributed by atoms with E-state index >= 15 is 0 Å². The van der Waals surface area contributed by atoms with Crippen LogP contribution in [0.2, 0.25) is 0 Å². The van der Waals surface area contributed by atoms with Gasteiger partial charge in [0.2, 0.25) is 10.0 Å². The predicted molar refractivity (Wildman–Crippen MR) is 116 cm³/mol. The topological polar surface area (TPSA) is 85.9 Å². The number of piperidine rings is 1. The summed E-state index contributed by atoms with van der Waals surface area (Å²) in [6.45, 7) is 4.07. The van der Waals surface area contributed by atoms with Crippen LogP contribution in [0.15, 0.2) is 34.6 Å². The Hall–Kier alpha value is -1.91. The smallest absolute Gasteiger partial charge is 0.243 e. The number of thioether (sulfide) groups is 1. The van der Waals surface area contributed by atoms with Crippen LogP contribution < -0.4 is 0 Å². The van der Waals surface area contributed by atoms with Crippen molar-refractivity contribution in [1.29, 1.82) is 0 Å². The molecule has 0 radical (unpaired) electrons. The number of sulfonamides is 1. The van der Waals surface area contributed by atoms with E-state index in [-0.39, 0.29) is 0 Å². The monoisotopic (exact) mass is 446 g/mol. The number of aromatic nitrogens is 5. The molecule has 0 spiro atoms. The molecule has 5 rings (SSSR count). The molecule has 1 aliphatic heterocycles. The molecule has 1 saturated heterocycles. The fraction of sp³-hybridized carbons (Fsp3) is 0.550. The molecule has 1 saturated carbocycles. The highest BCUT2D eigenvalue weighted by Gasteiger charge is 2.28. The molecule has 0 amide bonds. The summed E-state index contributed by atoms with van der Waals surface area (Å²) in [5.74, 6) is 1.60. The Balaban J connectivity index is 1.42. The number of hydrogen-bond donors (Lipinski definition) is 0. The largest absolute Gasteiger partial charge is 0.328 e. The van der Waals surface area contributed by atoms with Crippen LogP contribution in [0.25, 0.3) is 11.0 Å². The van der Waals surface area contributed by atoms with Gasteiger partial charge in [-0.25, -0.2) is 13.4 Å². The fourth-order valence-electron chi connectivity index (χ4n) is 4.10. The predicted octanol–water partition coefficient (Wildman–Crippen LogP) is 3.45. The summed E-state index contributed by atoms with van der Waals surface area (Å²) in [7, 11) is -3.46. The lowest BCUT2D eigenvalue weighted by atomic mass is 10.2. The first-order valence-electron chi connectivity index (χ1n) is 10.6. The van der Waals surface area contributed by atoms with Gasteiger partial charge >= 0.3 is 0 Å². The van der Waals surface area contributed by atoms with Gasteiger partial charge in [-0.2, -0.15) is 4.31 Å². The van der Waals surface area contributed by atoms with Crippen LogP contribution in [0.1, 0.15) is 50.9 Å². The van der Waals surface area contributed by atoms with Crippen molar-refractivity contribution in [1.82, 2.24) is 28.6 Å². The van der Waals surface area contributed by atoms with E-state index in [2.05, 4.69) is 26.3 Å². The maximum Gasteiger partial charge on any atom is 0.243 e. The van der Waals surface area contributed by atoms with Gasteiger partial charge in [0, 0.05) is 25.7 Å². The zero-order chi connectivity index (χ0) is 20.7. The molecule has 30 heavy (non-hydrogen) atoms. The van der Waals surface area contributed by atoms with E-state index in [1.807, 2.05) is 6.07 Å².